The molecule has 35 heavy (non-hydrogen) atoms. The fourth-order valence-corrected chi connectivity index (χ4v) is 9.60. The minimum absolute atomic E-state index is 0.0132. The van der Waals surface area contributed by atoms with Gasteiger partial charge >= 0.3 is 0 Å². The summed E-state index contributed by atoms with van der Waals surface area (Å²) in [5, 5.41) is 7.83. The fourth-order valence-electron chi connectivity index (χ4n) is 4.83. The normalized spacial score (nSPS) is 13.1. The number of nitrogens with zero attached hydrogens (tertiary/aromatic N) is 2. The molecule has 0 aliphatic heterocycles. The van der Waals surface area contributed by atoms with Crippen molar-refractivity contribution in [1.82, 2.24) is 9.97 Å². The molecule has 0 spiro atoms. The van der Waals surface area contributed by atoms with Gasteiger partial charge in [0.2, 0.25) is 0 Å². The molecule has 0 saturated carbocycles. The highest BCUT2D eigenvalue weighted by molar-refractivity contribution is 6.99. The van der Waals surface area contributed by atoms with E-state index in [0.717, 1.165) is 29.6 Å². The number of rotatable bonds is 9. The molecule has 1 aromatic heterocycles. The number of nitrogens with one attached hydrogen (secondary N) is 1. The second-order valence-corrected chi connectivity index (χ2v) is 14.8. The van der Waals surface area contributed by atoms with Gasteiger partial charge in [-0.1, -0.05) is 93.0 Å². The number of benzene rings is 3. The topological polar surface area (TPSA) is 47.0 Å². The predicted molar refractivity (Wildman–Crippen MR) is 150 cm³/mol. The van der Waals surface area contributed by atoms with E-state index in [1.807, 2.05) is 18.2 Å². The van der Waals surface area contributed by atoms with Gasteiger partial charge in [0.15, 0.2) is 0 Å². The summed E-state index contributed by atoms with van der Waals surface area (Å²) >= 11 is 6.13. The maximum absolute atomic E-state index is 7.02. The van der Waals surface area contributed by atoms with Gasteiger partial charge in [-0.2, -0.15) is 0 Å². The Morgan fingerprint density at radius 2 is 1.54 bits per heavy atom. The zero-order valence-corrected chi connectivity index (χ0v) is 22.7. The largest absolute Gasteiger partial charge is 0.407 e. The van der Waals surface area contributed by atoms with Crippen molar-refractivity contribution < 1.29 is 4.43 Å². The second kappa shape index (κ2) is 10.9. The van der Waals surface area contributed by atoms with Crippen molar-refractivity contribution in [3.8, 4) is 0 Å². The molecule has 4 nitrogen and oxygen atoms in total. The highest BCUT2D eigenvalue weighted by Crippen LogP contribution is 2.37. The van der Waals surface area contributed by atoms with Crippen molar-refractivity contribution in [2.45, 2.75) is 51.6 Å². The minimum Gasteiger partial charge on any atom is -0.407 e. The monoisotopic (exact) mass is 503 g/mol. The van der Waals surface area contributed by atoms with E-state index in [1.54, 1.807) is 6.33 Å². The molecule has 0 fully saturated rings. The summed E-state index contributed by atoms with van der Waals surface area (Å²) in [4.78, 5) is 8.81. The Bertz CT molecular complexity index is 1210. The van der Waals surface area contributed by atoms with Crippen LogP contribution in [0.15, 0.2) is 85.2 Å². The lowest BCUT2D eigenvalue weighted by Crippen LogP contribution is -2.66. The Morgan fingerprint density at radius 3 is 2.14 bits per heavy atom. The molecule has 182 valence electrons. The Labute approximate surface area is 214 Å². The number of anilines is 1. The third-order valence-electron chi connectivity index (χ3n) is 6.50. The van der Waals surface area contributed by atoms with E-state index in [-0.39, 0.29) is 11.1 Å². The van der Waals surface area contributed by atoms with E-state index in [1.165, 1.54) is 10.4 Å². The van der Waals surface area contributed by atoms with E-state index in [4.69, 9.17) is 16.0 Å². The van der Waals surface area contributed by atoms with Gasteiger partial charge in [-0.25, -0.2) is 9.97 Å². The first kappa shape index (κ1) is 25.4. The van der Waals surface area contributed by atoms with Crippen molar-refractivity contribution in [3.05, 3.63) is 90.2 Å². The molecule has 0 aliphatic carbocycles. The molecule has 4 aromatic rings. The summed E-state index contributed by atoms with van der Waals surface area (Å²) < 4.78 is 7.02. The van der Waals surface area contributed by atoms with E-state index >= 15 is 0 Å². The number of halogens is 1. The number of fused-ring (bicyclic) bond motifs is 1. The SMILES string of the molecule is CC(CCCO[Si](c1ccccc1)(c1ccccc1)C(C)(C)C)Nc1ncnc2cc(Cl)ccc12. The first-order valence-electron chi connectivity index (χ1n) is 12.2. The summed E-state index contributed by atoms with van der Waals surface area (Å²) in [6.45, 7) is 9.84. The number of hydrogen-bond donors (Lipinski definition) is 1. The predicted octanol–water partition coefficient (Wildman–Crippen LogP) is 6.44. The van der Waals surface area contributed by atoms with Crippen molar-refractivity contribution in [3.63, 3.8) is 0 Å². The second-order valence-electron chi connectivity index (χ2n) is 10.1. The van der Waals surface area contributed by atoms with Crippen LogP contribution in [0.25, 0.3) is 10.9 Å². The van der Waals surface area contributed by atoms with Gasteiger partial charge in [-0.3, -0.25) is 0 Å². The average Bonchev–Trinajstić information content (AvgIpc) is 2.84. The lowest BCUT2D eigenvalue weighted by molar-refractivity contribution is 0.286. The zero-order chi connectivity index (χ0) is 24.9. The summed E-state index contributed by atoms with van der Waals surface area (Å²) in [7, 11) is -2.49. The van der Waals surface area contributed by atoms with Gasteiger partial charge in [0, 0.05) is 23.1 Å². The van der Waals surface area contributed by atoms with Gasteiger partial charge in [0.1, 0.15) is 12.1 Å². The van der Waals surface area contributed by atoms with Crippen LogP contribution < -0.4 is 15.7 Å². The van der Waals surface area contributed by atoms with E-state index in [9.17, 15) is 0 Å². The Hall–Kier alpha value is -2.73. The van der Waals surface area contributed by atoms with Crippen LogP contribution >= 0.6 is 11.6 Å². The quantitative estimate of drug-likeness (QED) is 0.211. The Morgan fingerprint density at radius 1 is 0.914 bits per heavy atom. The van der Waals surface area contributed by atoms with Crippen molar-refractivity contribution >= 4 is 47.0 Å². The van der Waals surface area contributed by atoms with Gasteiger partial charge in [0.25, 0.3) is 8.32 Å². The molecule has 6 heteroatoms. The molecule has 0 bridgehead atoms. The summed E-state index contributed by atoms with van der Waals surface area (Å²) in [6, 6.07) is 27.6. The van der Waals surface area contributed by atoms with Crippen LogP contribution in [0.1, 0.15) is 40.5 Å². The van der Waals surface area contributed by atoms with E-state index in [0.29, 0.717) is 11.6 Å². The summed E-state index contributed by atoms with van der Waals surface area (Å²) in [6.07, 6.45) is 3.50. The smallest absolute Gasteiger partial charge is 0.261 e. The molecular weight excluding hydrogens is 470 g/mol. The van der Waals surface area contributed by atoms with Gasteiger partial charge < -0.3 is 9.74 Å². The van der Waals surface area contributed by atoms with Crippen LogP contribution in [-0.2, 0) is 4.43 Å². The van der Waals surface area contributed by atoms with Gasteiger partial charge in [-0.05, 0) is 53.4 Å². The molecular formula is C29H34ClN3OSi. The van der Waals surface area contributed by atoms with Crippen molar-refractivity contribution in [2.75, 3.05) is 11.9 Å². The highest BCUT2D eigenvalue weighted by atomic mass is 35.5. The molecule has 1 unspecified atom stereocenters. The first-order chi connectivity index (χ1) is 16.8. The van der Waals surface area contributed by atoms with Crippen molar-refractivity contribution in [1.29, 1.82) is 0 Å². The highest BCUT2D eigenvalue weighted by Gasteiger charge is 2.49. The average molecular weight is 504 g/mol. The standard InChI is InChI=1S/C29H34ClN3OSi/c1-22(33-28-26-18-17-23(30)20-27(26)31-21-32-28)12-11-19-34-35(29(2,3)4,24-13-7-5-8-14-24)25-15-9-6-10-16-25/h5-10,13-18,20-22H,11-12,19H2,1-4H3,(H,31,32,33). The fraction of sp³-hybridized carbons (Fsp3) is 0.310. The molecule has 0 saturated heterocycles. The maximum Gasteiger partial charge on any atom is 0.261 e. The summed E-state index contributed by atoms with van der Waals surface area (Å²) in [5.74, 6) is 0.840. The molecule has 3 aromatic carbocycles. The van der Waals surface area contributed by atoms with Crippen LogP contribution in [0, 0.1) is 0 Å². The van der Waals surface area contributed by atoms with Crippen molar-refractivity contribution in [2.24, 2.45) is 0 Å². The molecule has 1 atom stereocenters. The van der Waals surface area contributed by atoms with Crippen LogP contribution in [0.2, 0.25) is 10.1 Å². The maximum atomic E-state index is 7.02. The number of hydrogen-bond acceptors (Lipinski definition) is 4. The van der Waals surface area contributed by atoms with E-state index < -0.39 is 8.32 Å². The third kappa shape index (κ3) is 5.58. The Balaban J connectivity index is 1.48. The van der Waals surface area contributed by atoms with Gasteiger partial charge in [-0.15, -0.1) is 0 Å². The van der Waals surface area contributed by atoms with Gasteiger partial charge in [0.05, 0.1) is 5.52 Å². The van der Waals surface area contributed by atoms with Crippen LogP contribution in [0.4, 0.5) is 5.82 Å². The molecule has 0 radical (unpaired) electrons. The molecule has 0 amide bonds. The van der Waals surface area contributed by atoms with Crippen LogP contribution in [0.3, 0.4) is 0 Å². The summed E-state index contributed by atoms with van der Waals surface area (Å²) in [5.41, 5.74) is 0.845. The Kier molecular flexibility index (Phi) is 7.90. The lowest BCUT2D eigenvalue weighted by atomic mass is 10.1. The molecule has 1 N–H and O–H groups in total. The number of aromatic nitrogens is 2. The molecule has 0 aliphatic rings. The van der Waals surface area contributed by atoms with Crippen LogP contribution in [-0.4, -0.2) is 30.9 Å². The minimum atomic E-state index is -2.49. The molecule has 1 heterocycles. The van der Waals surface area contributed by atoms with E-state index in [2.05, 4.69) is 104 Å². The lowest BCUT2D eigenvalue weighted by Gasteiger charge is -2.43. The molecule has 4 rings (SSSR count). The van der Waals surface area contributed by atoms with Crippen LogP contribution in [0.5, 0.6) is 0 Å². The zero-order valence-electron chi connectivity index (χ0n) is 21.0. The first-order valence-corrected chi connectivity index (χ1v) is 14.5. The third-order valence-corrected chi connectivity index (χ3v) is 11.8.